The molecule has 0 amide bonds. The summed E-state index contributed by atoms with van der Waals surface area (Å²) >= 11 is 0. The number of ether oxygens (including phenoxy) is 1. The van der Waals surface area contributed by atoms with E-state index in [0.29, 0.717) is 6.61 Å². The minimum absolute atomic E-state index is 0.288. The summed E-state index contributed by atoms with van der Waals surface area (Å²) in [5, 5.41) is 3.43. The molecule has 108 valence electrons. The number of hydrogen-bond donors (Lipinski definition) is 1. The fourth-order valence-electron chi connectivity index (χ4n) is 2.06. The van der Waals surface area contributed by atoms with Crippen molar-refractivity contribution in [1.82, 2.24) is 4.98 Å². The molecule has 1 aromatic rings. The third-order valence-electron chi connectivity index (χ3n) is 3.26. The Balaban J connectivity index is 2.50. The minimum atomic E-state index is 0.288. The van der Waals surface area contributed by atoms with Crippen LogP contribution in [-0.4, -0.2) is 18.1 Å². The van der Waals surface area contributed by atoms with Crippen molar-refractivity contribution in [3.05, 3.63) is 18.3 Å². The van der Waals surface area contributed by atoms with Crippen LogP contribution in [-0.2, 0) is 0 Å². The number of nitrogens with zero attached hydrogens (tertiary/aromatic N) is 1. The van der Waals surface area contributed by atoms with Crippen LogP contribution in [0.4, 0.5) is 5.82 Å². The van der Waals surface area contributed by atoms with Crippen LogP contribution in [0.15, 0.2) is 18.3 Å². The van der Waals surface area contributed by atoms with Gasteiger partial charge >= 0.3 is 0 Å². The zero-order valence-electron chi connectivity index (χ0n) is 12.8. The lowest BCUT2D eigenvalue weighted by Gasteiger charge is -2.25. The van der Waals surface area contributed by atoms with Gasteiger partial charge in [-0.3, -0.25) is 0 Å². The van der Waals surface area contributed by atoms with Gasteiger partial charge in [0.25, 0.3) is 0 Å². The average Bonchev–Trinajstić information content (AvgIpc) is 2.38. The van der Waals surface area contributed by atoms with Crippen molar-refractivity contribution >= 4 is 5.82 Å². The van der Waals surface area contributed by atoms with Crippen molar-refractivity contribution in [1.29, 1.82) is 0 Å². The maximum absolute atomic E-state index is 5.58. The predicted molar refractivity (Wildman–Crippen MR) is 81.8 cm³/mol. The van der Waals surface area contributed by atoms with E-state index in [-0.39, 0.29) is 5.41 Å². The molecular formula is C16H28N2O. The van der Waals surface area contributed by atoms with E-state index in [1.807, 2.05) is 19.1 Å². The Kier molecular flexibility index (Phi) is 6.68. The van der Waals surface area contributed by atoms with Crippen molar-refractivity contribution < 1.29 is 4.74 Å². The molecule has 0 bridgehead atoms. The van der Waals surface area contributed by atoms with E-state index in [1.165, 1.54) is 25.7 Å². The molecule has 0 aliphatic rings. The summed E-state index contributed by atoms with van der Waals surface area (Å²) in [5.74, 6) is 1.70. The molecule has 0 fully saturated rings. The van der Waals surface area contributed by atoms with Crippen molar-refractivity contribution in [2.45, 2.75) is 53.4 Å². The van der Waals surface area contributed by atoms with E-state index < -0.39 is 0 Å². The highest BCUT2D eigenvalue weighted by atomic mass is 16.5. The molecule has 0 unspecified atom stereocenters. The first-order valence-corrected chi connectivity index (χ1v) is 7.40. The highest BCUT2D eigenvalue weighted by Crippen LogP contribution is 2.27. The zero-order valence-corrected chi connectivity index (χ0v) is 12.8. The highest BCUT2D eigenvalue weighted by Gasteiger charge is 2.18. The van der Waals surface area contributed by atoms with Gasteiger partial charge in [0.1, 0.15) is 0 Å². The number of hydrogen-bond acceptors (Lipinski definition) is 3. The minimum Gasteiger partial charge on any atom is -0.490 e. The summed E-state index contributed by atoms with van der Waals surface area (Å²) < 4.78 is 5.58. The summed E-state index contributed by atoms with van der Waals surface area (Å²) in [6, 6.07) is 3.87. The average molecular weight is 264 g/mol. The van der Waals surface area contributed by atoms with Gasteiger partial charge in [-0.1, -0.05) is 40.0 Å². The summed E-state index contributed by atoms with van der Waals surface area (Å²) in [7, 11) is 0. The second-order valence-corrected chi connectivity index (χ2v) is 5.76. The monoisotopic (exact) mass is 264 g/mol. The Morgan fingerprint density at radius 1 is 1.26 bits per heavy atom. The quantitative estimate of drug-likeness (QED) is 0.667. The molecule has 0 saturated carbocycles. The second kappa shape index (κ2) is 8.03. The summed E-state index contributed by atoms with van der Waals surface area (Å²) in [6.07, 6.45) is 6.93. The largest absolute Gasteiger partial charge is 0.490 e. The first-order valence-electron chi connectivity index (χ1n) is 7.40. The van der Waals surface area contributed by atoms with Crippen LogP contribution in [0.5, 0.6) is 5.75 Å². The number of nitrogens with one attached hydrogen (secondary N) is 1. The van der Waals surface area contributed by atoms with Gasteiger partial charge < -0.3 is 10.1 Å². The summed E-state index contributed by atoms with van der Waals surface area (Å²) in [4.78, 5) is 4.36. The van der Waals surface area contributed by atoms with Crippen LogP contribution in [0.1, 0.15) is 53.4 Å². The van der Waals surface area contributed by atoms with Crippen LogP contribution < -0.4 is 10.1 Å². The molecule has 1 N–H and O–H groups in total. The first-order chi connectivity index (χ1) is 9.09. The number of unbranched alkanes of at least 4 members (excludes halogenated alkanes) is 2. The molecule has 19 heavy (non-hydrogen) atoms. The molecule has 1 rings (SSSR count). The van der Waals surface area contributed by atoms with Gasteiger partial charge in [0.2, 0.25) is 0 Å². The lowest BCUT2D eigenvalue weighted by molar-refractivity contribution is 0.332. The number of anilines is 1. The normalized spacial score (nSPS) is 11.4. The second-order valence-electron chi connectivity index (χ2n) is 5.76. The summed E-state index contributed by atoms with van der Waals surface area (Å²) in [5.41, 5.74) is 0.288. The Hall–Kier alpha value is -1.25. The molecule has 0 atom stereocenters. The van der Waals surface area contributed by atoms with E-state index >= 15 is 0 Å². The highest BCUT2D eigenvalue weighted by molar-refractivity contribution is 5.49. The van der Waals surface area contributed by atoms with Crippen molar-refractivity contribution in [3.63, 3.8) is 0 Å². The van der Waals surface area contributed by atoms with Gasteiger partial charge in [0, 0.05) is 12.7 Å². The fourth-order valence-corrected chi connectivity index (χ4v) is 2.06. The number of pyridine rings is 1. The smallest absolute Gasteiger partial charge is 0.168 e. The van der Waals surface area contributed by atoms with E-state index in [0.717, 1.165) is 18.1 Å². The van der Waals surface area contributed by atoms with E-state index in [1.54, 1.807) is 6.20 Å². The molecule has 0 radical (unpaired) electrons. The number of rotatable bonds is 9. The molecule has 3 nitrogen and oxygen atoms in total. The Bertz CT molecular complexity index is 364. The third-order valence-corrected chi connectivity index (χ3v) is 3.26. The number of aromatic nitrogens is 1. The lowest BCUT2D eigenvalue weighted by atomic mass is 9.87. The topological polar surface area (TPSA) is 34.2 Å². The van der Waals surface area contributed by atoms with Gasteiger partial charge in [0.05, 0.1) is 6.61 Å². The maximum atomic E-state index is 5.58. The SMILES string of the molecule is CCCCCC(C)(C)CNc1ncccc1OCC. The van der Waals surface area contributed by atoms with Gasteiger partial charge in [0.15, 0.2) is 11.6 Å². The molecule has 0 aliphatic carbocycles. The molecule has 1 heterocycles. The standard InChI is InChI=1S/C16H28N2O/c1-5-7-8-11-16(3,4)13-18-15-14(19-6-2)10-9-12-17-15/h9-10,12H,5-8,11,13H2,1-4H3,(H,17,18). The molecule has 0 aromatic carbocycles. The van der Waals surface area contributed by atoms with Crippen molar-refractivity contribution in [2.24, 2.45) is 5.41 Å². The van der Waals surface area contributed by atoms with E-state index in [4.69, 9.17) is 4.74 Å². The molecule has 0 spiro atoms. The van der Waals surface area contributed by atoms with Crippen LogP contribution in [0.3, 0.4) is 0 Å². The first kappa shape index (κ1) is 15.8. The van der Waals surface area contributed by atoms with E-state index in [9.17, 15) is 0 Å². The molecule has 1 aromatic heterocycles. The Labute approximate surface area is 117 Å². The maximum Gasteiger partial charge on any atom is 0.168 e. The van der Waals surface area contributed by atoms with Gasteiger partial charge in [-0.2, -0.15) is 0 Å². The van der Waals surface area contributed by atoms with Crippen molar-refractivity contribution in [3.8, 4) is 5.75 Å². The molecular weight excluding hydrogens is 236 g/mol. The van der Waals surface area contributed by atoms with E-state index in [2.05, 4.69) is 31.1 Å². The van der Waals surface area contributed by atoms with Crippen molar-refractivity contribution in [2.75, 3.05) is 18.5 Å². The Morgan fingerprint density at radius 3 is 2.74 bits per heavy atom. The van der Waals surface area contributed by atoms with Crippen LogP contribution in [0, 0.1) is 5.41 Å². The van der Waals surface area contributed by atoms with Crippen LogP contribution >= 0.6 is 0 Å². The summed E-state index contributed by atoms with van der Waals surface area (Å²) in [6.45, 7) is 10.4. The predicted octanol–water partition coefficient (Wildman–Crippen LogP) is 4.50. The molecule has 0 saturated heterocycles. The lowest BCUT2D eigenvalue weighted by Crippen LogP contribution is -2.23. The third kappa shape index (κ3) is 5.95. The van der Waals surface area contributed by atoms with Crippen LogP contribution in [0.25, 0.3) is 0 Å². The Morgan fingerprint density at radius 2 is 2.05 bits per heavy atom. The molecule has 3 heteroatoms. The van der Waals surface area contributed by atoms with Gasteiger partial charge in [-0.05, 0) is 30.9 Å². The molecule has 0 aliphatic heterocycles. The zero-order chi connectivity index (χ0) is 14.1. The van der Waals surface area contributed by atoms with Gasteiger partial charge in [-0.25, -0.2) is 4.98 Å². The van der Waals surface area contributed by atoms with Gasteiger partial charge in [-0.15, -0.1) is 0 Å². The van der Waals surface area contributed by atoms with Crippen LogP contribution in [0.2, 0.25) is 0 Å². The fraction of sp³-hybridized carbons (Fsp3) is 0.688.